The van der Waals surface area contributed by atoms with Crippen LogP contribution in [0.1, 0.15) is 11.3 Å². The average molecular weight is 351 g/mol. The molecule has 2 heterocycles. The van der Waals surface area contributed by atoms with Crippen LogP contribution in [0.15, 0.2) is 34.9 Å². The van der Waals surface area contributed by atoms with Crippen molar-refractivity contribution < 1.29 is 22.0 Å². The van der Waals surface area contributed by atoms with Crippen LogP contribution >= 0.6 is 0 Å². The Bertz CT molecular complexity index is 867. The third kappa shape index (κ3) is 3.62. The zero-order valence-electron chi connectivity index (χ0n) is 13.1. The van der Waals surface area contributed by atoms with Crippen molar-refractivity contribution in [1.29, 1.82) is 0 Å². The minimum atomic E-state index is -1.70. The molecule has 2 aromatic heterocycles. The first-order chi connectivity index (χ1) is 12.0. The number of pyridine rings is 1. The summed E-state index contributed by atoms with van der Waals surface area (Å²) >= 11 is 0. The van der Waals surface area contributed by atoms with Crippen LogP contribution in [0.5, 0.6) is 0 Å². The normalized spacial score (nSPS) is 10.9. The molecule has 0 bridgehead atoms. The van der Waals surface area contributed by atoms with Crippen LogP contribution in [0.2, 0.25) is 0 Å². The molecule has 1 aromatic carbocycles. The number of aromatic nitrogens is 2. The molecule has 3 aromatic rings. The van der Waals surface area contributed by atoms with Gasteiger partial charge in [-0.2, -0.15) is 22.5 Å². The zero-order chi connectivity index (χ0) is 18.0. The van der Waals surface area contributed by atoms with E-state index in [1.54, 1.807) is 0 Å². The third-order valence-electron chi connectivity index (χ3n) is 3.53. The van der Waals surface area contributed by atoms with Crippen molar-refractivity contribution in [1.82, 2.24) is 9.97 Å². The first-order valence-corrected chi connectivity index (χ1v) is 7.41. The summed E-state index contributed by atoms with van der Waals surface area (Å²) in [5.41, 5.74) is 1.52. The van der Waals surface area contributed by atoms with E-state index in [0.717, 1.165) is 11.1 Å². The molecule has 0 unspecified atom stereocenters. The number of nitrogens with one attached hydrogen (secondary N) is 1. The van der Waals surface area contributed by atoms with Gasteiger partial charge in [0.15, 0.2) is 0 Å². The van der Waals surface area contributed by atoms with Gasteiger partial charge >= 0.3 is 0 Å². The average Bonchev–Trinajstić information content (AvgIpc) is 3.06. The lowest BCUT2D eigenvalue weighted by molar-refractivity contribution is 0.410. The molecule has 0 aliphatic rings. The Morgan fingerprint density at radius 3 is 2.24 bits per heavy atom. The number of rotatable bonds is 5. The number of halogens is 4. The summed E-state index contributed by atoms with van der Waals surface area (Å²) in [7, 11) is 0. The number of benzene rings is 1. The maximum Gasteiger partial charge on any atom is 0.253 e. The van der Waals surface area contributed by atoms with Crippen LogP contribution in [-0.4, -0.2) is 16.5 Å². The van der Waals surface area contributed by atoms with Crippen molar-refractivity contribution in [3.63, 3.8) is 0 Å². The molecule has 1 N–H and O–H groups in total. The highest BCUT2D eigenvalue weighted by atomic mass is 19.2. The monoisotopic (exact) mass is 351 g/mol. The molecule has 0 saturated carbocycles. The van der Waals surface area contributed by atoms with Crippen LogP contribution in [0.4, 0.5) is 23.2 Å². The van der Waals surface area contributed by atoms with Crippen molar-refractivity contribution in [3.8, 4) is 11.5 Å². The summed E-state index contributed by atoms with van der Waals surface area (Å²) in [4.78, 5) is 6.76. The molecule has 0 aliphatic carbocycles. The second-order valence-electron chi connectivity index (χ2n) is 5.38. The predicted molar refractivity (Wildman–Crippen MR) is 82.9 cm³/mol. The van der Waals surface area contributed by atoms with Crippen molar-refractivity contribution in [3.05, 3.63) is 65.3 Å². The van der Waals surface area contributed by atoms with Crippen LogP contribution in [-0.2, 0) is 6.42 Å². The van der Waals surface area contributed by atoms with Crippen LogP contribution in [0, 0.1) is 30.5 Å². The van der Waals surface area contributed by atoms with Crippen LogP contribution in [0.3, 0.4) is 0 Å². The SMILES string of the molecule is Cc1ccc(-c2nc(CCNc3c(F)c(F)nc(F)c3F)co2)cc1. The minimum absolute atomic E-state index is 0.00337. The van der Waals surface area contributed by atoms with Crippen LogP contribution in [0.25, 0.3) is 11.5 Å². The topological polar surface area (TPSA) is 51.0 Å². The van der Waals surface area contributed by atoms with Gasteiger partial charge in [-0.3, -0.25) is 0 Å². The lowest BCUT2D eigenvalue weighted by Crippen LogP contribution is -2.12. The first kappa shape index (κ1) is 16.9. The Labute approximate surface area is 140 Å². The summed E-state index contributed by atoms with van der Waals surface area (Å²) in [6.07, 6.45) is 1.65. The second-order valence-corrected chi connectivity index (χ2v) is 5.38. The Morgan fingerprint density at radius 1 is 0.960 bits per heavy atom. The third-order valence-corrected chi connectivity index (χ3v) is 3.53. The molecule has 0 fully saturated rings. The van der Waals surface area contributed by atoms with Gasteiger partial charge in [0.1, 0.15) is 12.0 Å². The maximum atomic E-state index is 13.5. The highest BCUT2D eigenvalue weighted by Gasteiger charge is 2.20. The second kappa shape index (κ2) is 6.92. The van der Waals surface area contributed by atoms with Gasteiger partial charge in [0.25, 0.3) is 11.9 Å². The van der Waals surface area contributed by atoms with Gasteiger partial charge in [-0.05, 0) is 19.1 Å². The summed E-state index contributed by atoms with van der Waals surface area (Å²) in [6.45, 7) is 1.95. The highest BCUT2D eigenvalue weighted by Crippen LogP contribution is 2.22. The lowest BCUT2D eigenvalue weighted by Gasteiger charge is -2.08. The molecule has 0 aliphatic heterocycles. The van der Waals surface area contributed by atoms with E-state index in [1.807, 2.05) is 31.2 Å². The van der Waals surface area contributed by atoms with E-state index in [0.29, 0.717) is 11.6 Å². The summed E-state index contributed by atoms with van der Waals surface area (Å²) in [5.74, 6) is -6.14. The molecule has 25 heavy (non-hydrogen) atoms. The molecular weight excluding hydrogens is 338 g/mol. The van der Waals surface area contributed by atoms with E-state index in [-0.39, 0.29) is 13.0 Å². The van der Waals surface area contributed by atoms with Gasteiger partial charge in [0.05, 0.1) is 5.69 Å². The summed E-state index contributed by atoms with van der Waals surface area (Å²) < 4.78 is 58.4. The largest absolute Gasteiger partial charge is 0.444 e. The number of anilines is 1. The Balaban J connectivity index is 1.67. The molecule has 8 heteroatoms. The Kier molecular flexibility index (Phi) is 4.69. The van der Waals surface area contributed by atoms with E-state index in [1.165, 1.54) is 6.26 Å². The molecule has 130 valence electrons. The lowest BCUT2D eigenvalue weighted by atomic mass is 10.1. The zero-order valence-corrected chi connectivity index (χ0v) is 13.1. The predicted octanol–water partition coefficient (Wildman–Crippen LogP) is 4.26. The molecule has 0 spiro atoms. The number of oxazole rings is 1. The van der Waals surface area contributed by atoms with E-state index < -0.39 is 29.2 Å². The van der Waals surface area contributed by atoms with Gasteiger partial charge in [-0.15, -0.1) is 0 Å². The first-order valence-electron chi connectivity index (χ1n) is 7.41. The van der Waals surface area contributed by atoms with Gasteiger partial charge in [-0.25, -0.2) is 4.98 Å². The standard InChI is InChI=1S/C17H13F4N3O/c1-9-2-4-10(5-3-9)17-23-11(8-25-17)6-7-22-14-12(18)15(20)24-16(21)13(14)19/h2-5,8H,6-7H2,1H3,(H,22,24). The number of hydrogen-bond donors (Lipinski definition) is 1. The van der Waals surface area contributed by atoms with Crippen molar-refractivity contribution >= 4 is 5.69 Å². The van der Waals surface area contributed by atoms with Gasteiger partial charge in [0.2, 0.25) is 17.5 Å². The van der Waals surface area contributed by atoms with Gasteiger partial charge in [0, 0.05) is 18.5 Å². The van der Waals surface area contributed by atoms with Gasteiger partial charge in [-0.1, -0.05) is 17.7 Å². The fourth-order valence-electron chi connectivity index (χ4n) is 2.21. The van der Waals surface area contributed by atoms with Gasteiger partial charge < -0.3 is 9.73 Å². The fourth-order valence-corrected chi connectivity index (χ4v) is 2.21. The molecule has 3 rings (SSSR count). The molecule has 0 saturated heterocycles. The fraction of sp³-hybridized carbons (Fsp3) is 0.176. The smallest absolute Gasteiger partial charge is 0.253 e. The molecule has 0 radical (unpaired) electrons. The number of nitrogens with zero attached hydrogens (tertiary/aromatic N) is 2. The van der Waals surface area contributed by atoms with Crippen molar-refractivity contribution in [2.24, 2.45) is 0 Å². The summed E-state index contributed by atoms with van der Waals surface area (Å²) in [6, 6.07) is 7.55. The number of aryl methyl sites for hydroxylation is 1. The van der Waals surface area contributed by atoms with Crippen molar-refractivity contribution in [2.45, 2.75) is 13.3 Å². The molecule has 0 atom stereocenters. The molecular formula is C17H13F4N3O. The highest BCUT2D eigenvalue weighted by molar-refractivity contribution is 5.53. The minimum Gasteiger partial charge on any atom is -0.444 e. The Hall–Kier alpha value is -2.90. The molecule has 4 nitrogen and oxygen atoms in total. The molecule has 0 amide bonds. The Morgan fingerprint density at radius 2 is 1.60 bits per heavy atom. The van der Waals surface area contributed by atoms with E-state index in [2.05, 4.69) is 15.3 Å². The van der Waals surface area contributed by atoms with E-state index in [9.17, 15) is 17.6 Å². The quantitative estimate of drug-likeness (QED) is 0.551. The van der Waals surface area contributed by atoms with E-state index >= 15 is 0 Å². The number of hydrogen-bond acceptors (Lipinski definition) is 4. The van der Waals surface area contributed by atoms with Crippen molar-refractivity contribution in [2.75, 3.05) is 11.9 Å². The van der Waals surface area contributed by atoms with Crippen LogP contribution < -0.4 is 5.32 Å². The maximum absolute atomic E-state index is 13.5. The van der Waals surface area contributed by atoms with E-state index in [4.69, 9.17) is 4.42 Å². The summed E-state index contributed by atoms with van der Waals surface area (Å²) in [5, 5.41) is 2.32.